The van der Waals surface area contributed by atoms with Crippen molar-refractivity contribution in [1.82, 2.24) is 10.6 Å². The van der Waals surface area contributed by atoms with E-state index in [-0.39, 0.29) is 0 Å². The zero-order valence-electron chi connectivity index (χ0n) is 11.7. The van der Waals surface area contributed by atoms with Gasteiger partial charge in [0.05, 0.1) is 12.5 Å². The standard InChI is InChI=1S/C11H20N4O6/c1-4(14-10(19)8(13)5(2)16)9(18)15-6(11(20)21)3-7(12)17/h4-6,8,16H,3,13H2,1-2H3,(H2,12,17)(H,14,19)(H,15,18)(H,20,21)/t4-,5-,6+,8+/m1/s1. The molecule has 0 radical (unpaired) electrons. The molecule has 0 fully saturated rings. The first-order chi connectivity index (χ1) is 9.56. The van der Waals surface area contributed by atoms with Crippen LogP contribution >= 0.6 is 0 Å². The van der Waals surface area contributed by atoms with Crippen molar-refractivity contribution in [2.45, 2.75) is 44.5 Å². The minimum absolute atomic E-state index is 0.574. The van der Waals surface area contributed by atoms with Gasteiger partial charge in [0.1, 0.15) is 18.1 Å². The van der Waals surface area contributed by atoms with Crippen LogP contribution in [-0.2, 0) is 19.2 Å². The molecule has 0 aliphatic heterocycles. The van der Waals surface area contributed by atoms with Gasteiger partial charge in [-0.15, -0.1) is 0 Å². The van der Waals surface area contributed by atoms with E-state index in [2.05, 4.69) is 10.6 Å². The molecule has 0 heterocycles. The summed E-state index contributed by atoms with van der Waals surface area (Å²) in [5.74, 6) is -3.92. The maximum Gasteiger partial charge on any atom is 0.326 e. The quantitative estimate of drug-likeness (QED) is 0.270. The smallest absolute Gasteiger partial charge is 0.326 e. The Bertz CT molecular complexity index is 425. The number of nitrogens with two attached hydrogens (primary N) is 2. The number of aliphatic hydroxyl groups is 1. The zero-order chi connectivity index (χ0) is 16.7. The number of carboxylic acids is 1. The molecule has 120 valence electrons. The van der Waals surface area contributed by atoms with E-state index in [0.29, 0.717) is 0 Å². The third-order valence-electron chi connectivity index (χ3n) is 2.59. The van der Waals surface area contributed by atoms with Crippen LogP contribution in [0.2, 0.25) is 0 Å². The number of amides is 3. The van der Waals surface area contributed by atoms with Crippen molar-refractivity contribution >= 4 is 23.7 Å². The van der Waals surface area contributed by atoms with Gasteiger partial charge in [0.15, 0.2) is 0 Å². The molecule has 4 atom stereocenters. The van der Waals surface area contributed by atoms with Gasteiger partial charge in [-0.3, -0.25) is 14.4 Å². The van der Waals surface area contributed by atoms with E-state index >= 15 is 0 Å². The summed E-state index contributed by atoms with van der Waals surface area (Å²) in [4.78, 5) is 44.8. The monoisotopic (exact) mass is 304 g/mol. The van der Waals surface area contributed by atoms with Crippen LogP contribution in [0.15, 0.2) is 0 Å². The summed E-state index contributed by atoms with van der Waals surface area (Å²) < 4.78 is 0. The van der Waals surface area contributed by atoms with Gasteiger partial charge in [-0.05, 0) is 13.8 Å². The molecule has 0 saturated heterocycles. The molecule has 0 aromatic carbocycles. The molecule has 0 unspecified atom stereocenters. The predicted molar refractivity (Wildman–Crippen MR) is 70.6 cm³/mol. The summed E-state index contributed by atoms with van der Waals surface area (Å²) >= 11 is 0. The lowest BCUT2D eigenvalue weighted by Crippen LogP contribution is -2.55. The van der Waals surface area contributed by atoms with Crippen LogP contribution in [0, 0.1) is 0 Å². The van der Waals surface area contributed by atoms with Gasteiger partial charge in [-0.1, -0.05) is 0 Å². The third kappa shape index (κ3) is 6.68. The zero-order valence-corrected chi connectivity index (χ0v) is 11.7. The highest BCUT2D eigenvalue weighted by Gasteiger charge is 2.27. The van der Waals surface area contributed by atoms with Gasteiger partial charge in [0.25, 0.3) is 0 Å². The summed E-state index contributed by atoms with van der Waals surface area (Å²) in [5.41, 5.74) is 10.2. The molecular weight excluding hydrogens is 284 g/mol. The first kappa shape index (κ1) is 18.8. The van der Waals surface area contributed by atoms with Crippen LogP contribution in [0.3, 0.4) is 0 Å². The maximum absolute atomic E-state index is 11.7. The molecule has 0 rings (SSSR count). The normalized spacial score (nSPS) is 16.2. The van der Waals surface area contributed by atoms with Crippen LogP contribution in [0.4, 0.5) is 0 Å². The highest BCUT2D eigenvalue weighted by atomic mass is 16.4. The molecule has 21 heavy (non-hydrogen) atoms. The molecule has 10 nitrogen and oxygen atoms in total. The molecule has 0 aromatic heterocycles. The van der Waals surface area contributed by atoms with Crippen LogP contribution in [0.1, 0.15) is 20.3 Å². The molecule has 0 aliphatic carbocycles. The van der Waals surface area contributed by atoms with E-state index < -0.39 is 54.3 Å². The first-order valence-corrected chi connectivity index (χ1v) is 6.11. The molecule has 0 spiro atoms. The average Bonchev–Trinajstić information content (AvgIpc) is 2.35. The van der Waals surface area contributed by atoms with Crippen molar-refractivity contribution in [3.8, 4) is 0 Å². The Labute approximate surface area is 120 Å². The van der Waals surface area contributed by atoms with Crippen molar-refractivity contribution in [3.05, 3.63) is 0 Å². The molecule has 8 N–H and O–H groups in total. The van der Waals surface area contributed by atoms with Crippen LogP contribution in [0.5, 0.6) is 0 Å². The molecule has 0 aromatic rings. The van der Waals surface area contributed by atoms with E-state index in [9.17, 15) is 19.2 Å². The number of carbonyl (C=O) groups excluding carboxylic acids is 3. The lowest BCUT2D eigenvalue weighted by atomic mass is 10.1. The Morgan fingerprint density at radius 2 is 1.62 bits per heavy atom. The number of aliphatic carboxylic acids is 1. The number of nitrogens with one attached hydrogen (secondary N) is 2. The number of carboxylic acid groups (broad SMARTS) is 1. The third-order valence-corrected chi connectivity index (χ3v) is 2.59. The SMILES string of the molecule is C[C@@H](NC(=O)[C@@H](N)[C@@H](C)O)C(=O)N[C@@H](CC(N)=O)C(=O)O. The molecular formula is C11H20N4O6. The van der Waals surface area contributed by atoms with E-state index in [1.807, 2.05) is 0 Å². The lowest BCUT2D eigenvalue weighted by molar-refractivity contribution is -0.143. The van der Waals surface area contributed by atoms with Gasteiger partial charge in [-0.25, -0.2) is 4.79 Å². The summed E-state index contributed by atoms with van der Waals surface area (Å²) in [6.45, 7) is 2.60. The Hall–Kier alpha value is -2.20. The Morgan fingerprint density at radius 3 is 2.00 bits per heavy atom. The van der Waals surface area contributed by atoms with Gasteiger partial charge >= 0.3 is 5.97 Å². The van der Waals surface area contributed by atoms with Gasteiger partial charge in [-0.2, -0.15) is 0 Å². The second-order valence-corrected chi connectivity index (χ2v) is 4.57. The minimum atomic E-state index is -1.49. The first-order valence-electron chi connectivity index (χ1n) is 6.11. The molecule has 0 aliphatic rings. The topological polar surface area (TPSA) is 185 Å². The van der Waals surface area contributed by atoms with Crippen molar-refractivity contribution in [2.24, 2.45) is 11.5 Å². The van der Waals surface area contributed by atoms with E-state index in [0.717, 1.165) is 0 Å². The van der Waals surface area contributed by atoms with E-state index in [4.69, 9.17) is 21.7 Å². The van der Waals surface area contributed by atoms with Crippen molar-refractivity contribution in [1.29, 1.82) is 0 Å². The maximum atomic E-state index is 11.7. The van der Waals surface area contributed by atoms with Crippen LogP contribution < -0.4 is 22.1 Å². The Kier molecular flexibility index (Phi) is 7.31. The predicted octanol–water partition coefficient (Wildman–Crippen LogP) is -3.36. The Balaban J connectivity index is 4.59. The molecule has 10 heteroatoms. The van der Waals surface area contributed by atoms with Crippen molar-refractivity contribution in [2.75, 3.05) is 0 Å². The minimum Gasteiger partial charge on any atom is -0.480 e. The second-order valence-electron chi connectivity index (χ2n) is 4.57. The summed E-state index contributed by atoms with van der Waals surface area (Å²) in [6, 6.07) is -3.81. The molecule has 3 amide bonds. The van der Waals surface area contributed by atoms with Gasteiger partial charge in [0, 0.05) is 0 Å². The number of primary amides is 1. The lowest BCUT2D eigenvalue weighted by Gasteiger charge is -2.20. The number of hydrogen-bond acceptors (Lipinski definition) is 6. The summed E-state index contributed by atoms with van der Waals surface area (Å²) in [7, 11) is 0. The van der Waals surface area contributed by atoms with E-state index in [1.165, 1.54) is 13.8 Å². The van der Waals surface area contributed by atoms with Crippen molar-refractivity contribution < 1.29 is 29.4 Å². The second kappa shape index (κ2) is 8.17. The fourth-order valence-corrected chi connectivity index (χ4v) is 1.29. The van der Waals surface area contributed by atoms with Crippen LogP contribution in [-0.4, -0.2) is 58.1 Å². The highest BCUT2D eigenvalue weighted by molar-refractivity contribution is 5.93. The van der Waals surface area contributed by atoms with Crippen LogP contribution in [0.25, 0.3) is 0 Å². The average molecular weight is 304 g/mol. The number of aliphatic hydroxyl groups excluding tert-OH is 1. The van der Waals surface area contributed by atoms with Crippen molar-refractivity contribution in [3.63, 3.8) is 0 Å². The number of rotatable bonds is 8. The fraction of sp³-hybridized carbons (Fsp3) is 0.636. The fourth-order valence-electron chi connectivity index (χ4n) is 1.29. The highest BCUT2D eigenvalue weighted by Crippen LogP contribution is 1.95. The molecule has 0 saturated carbocycles. The molecule has 0 bridgehead atoms. The summed E-state index contributed by atoms with van der Waals surface area (Å²) in [5, 5.41) is 22.3. The Morgan fingerprint density at radius 1 is 1.10 bits per heavy atom. The van der Waals surface area contributed by atoms with Gasteiger partial charge in [0.2, 0.25) is 17.7 Å². The van der Waals surface area contributed by atoms with E-state index in [1.54, 1.807) is 0 Å². The number of carbonyl (C=O) groups is 4. The van der Waals surface area contributed by atoms with Gasteiger partial charge < -0.3 is 32.3 Å². The summed E-state index contributed by atoms with van der Waals surface area (Å²) in [6.07, 6.45) is -1.68. The number of hydrogen-bond donors (Lipinski definition) is 6. The largest absolute Gasteiger partial charge is 0.480 e.